The van der Waals surface area contributed by atoms with Crippen LogP contribution >= 0.6 is 0 Å². The summed E-state index contributed by atoms with van der Waals surface area (Å²) < 4.78 is 19.2. The van der Waals surface area contributed by atoms with Gasteiger partial charge in [0.25, 0.3) is 0 Å². The Morgan fingerprint density at radius 2 is 1.45 bits per heavy atom. The molecule has 0 saturated heterocycles. The normalized spacial score (nSPS) is 12.6. The van der Waals surface area contributed by atoms with Crippen LogP contribution in [0.15, 0.2) is 0 Å². The molecule has 7 nitrogen and oxygen atoms in total. The molecule has 0 aromatic carbocycles. The van der Waals surface area contributed by atoms with Gasteiger partial charge in [-0.15, -0.1) is 0 Å². The van der Waals surface area contributed by atoms with Crippen molar-refractivity contribution in [1.82, 2.24) is 0 Å². The highest BCUT2D eigenvalue weighted by molar-refractivity contribution is 5.71. The molecule has 128 valence electrons. The van der Waals surface area contributed by atoms with Gasteiger partial charge in [-0.25, -0.2) is 0 Å². The molecule has 0 radical (unpaired) electrons. The van der Waals surface area contributed by atoms with Crippen LogP contribution in [-0.2, 0) is 28.4 Å². The van der Waals surface area contributed by atoms with E-state index in [2.05, 4.69) is 4.58 Å². The Bertz CT molecular complexity index is 352. The van der Waals surface area contributed by atoms with Gasteiger partial charge in [0.2, 0.25) is 6.61 Å². The molecule has 22 heavy (non-hydrogen) atoms. The van der Waals surface area contributed by atoms with Crippen LogP contribution in [0.2, 0.25) is 0 Å². The molecule has 0 bridgehead atoms. The van der Waals surface area contributed by atoms with E-state index in [4.69, 9.17) is 14.2 Å². The SMILES string of the molecule is CCCC(=O)OCC(COC(CCC)=[O+][O-])OC(=O)CCC. The third kappa shape index (κ3) is 10.0. The Labute approximate surface area is 131 Å². The maximum atomic E-state index is 11.5. The summed E-state index contributed by atoms with van der Waals surface area (Å²) in [5.74, 6) is -0.835. The molecule has 0 saturated carbocycles. The van der Waals surface area contributed by atoms with Crippen LogP contribution in [0, 0.1) is 0 Å². The van der Waals surface area contributed by atoms with Crippen LogP contribution < -0.4 is 5.26 Å². The smallest absolute Gasteiger partial charge is 0.497 e. The van der Waals surface area contributed by atoms with Gasteiger partial charge in [0.1, 0.15) is 13.0 Å². The first-order chi connectivity index (χ1) is 10.6. The lowest BCUT2D eigenvalue weighted by Gasteiger charge is -2.15. The Morgan fingerprint density at radius 1 is 0.909 bits per heavy atom. The second kappa shape index (κ2) is 12.9. The topological polar surface area (TPSA) is 96.2 Å². The molecule has 0 amide bonds. The number of carbonyl (C=O) groups is 2. The second-order valence-electron chi connectivity index (χ2n) is 4.81. The first-order valence-corrected chi connectivity index (χ1v) is 7.70. The summed E-state index contributed by atoms with van der Waals surface area (Å²) >= 11 is 0. The van der Waals surface area contributed by atoms with Crippen molar-refractivity contribution in [3.63, 3.8) is 0 Å². The van der Waals surface area contributed by atoms with Crippen molar-refractivity contribution in [1.29, 1.82) is 0 Å². The zero-order chi connectivity index (χ0) is 16.8. The van der Waals surface area contributed by atoms with Gasteiger partial charge >= 0.3 is 17.9 Å². The second-order valence-corrected chi connectivity index (χ2v) is 4.81. The van der Waals surface area contributed by atoms with Crippen molar-refractivity contribution in [2.45, 2.75) is 65.4 Å². The van der Waals surface area contributed by atoms with Gasteiger partial charge in [-0.3, -0.25) is 14.2 Å². The highest BCUT2D eigenvalue weighted by Crippen LogP contribution is 2.03. The van der Waals surface area contributed by atoms with E-state index in [0.717, 1.165) is 0 Å². The van der Waals surface area contributed by atoms with Gasteiger partial charge < -0.3 is 19.5 Å². The molecule has 1 unspecified atom stereocenters. The maximum Gasteiger partial charge on any atom is 0.497 e. The summed E-state index contributed by atoms with van der Waals surface area (Å²) in [5, 5.41) is 10.5. The van der Waals surface area contributed by atoms with Crippen molar-refractivity contribution in [2.24, 2.45) is 0 Å². The summed E-state index contributed by atoms with van der Waals surface area (Å²) in [4.78, 5) is 22.9. The molecule has 0 aromatic rings. The fourth-order valence-electron chi connectivity index (χ4n) is 1.56. The fourth-order valence-corrected chi connectivity index (χ4v) is 1.56. The van der Waals surface area contributed by atoms with Crippen molar-refractivity contribution in [2.75, 3.05) is 13.2 Å². The van der Waals surface area contributed by atoms with Crippen LogP contribution in [-0.4, -0.2) is 37.2 Å². The number of hydrogen-bond acceptors (Lipinski definition) is 6. The van der Waals surface area contributed by atoms with Crippen LogP contribution in [0.5, 0.6) is 0 Å². The molecule has 0 rings (SSSR count). The molecule has 0 spiro atoms. The third-order valence-corrected chi connectivity index (χ3v) is 2.61. The maximum absolute atomic E-state index is 11.5. The Hall–Kier alpha value is -1.79. The molecular formula is C15H26O7. The lowest BCUT2D eigenvalue weighted by Crippen LogP contribution is -2.31. The number of esters is 3. The molecule has 0 aromatic heterocycles. The number of hydrogen-bond donors (Lipinski definition) is 0. The quantitative estimate of drug-likeness (QED) is 0.187. The van der Waals surface area contributed by atoms with E-state index in [0.29, 0.717) is 32.1 Å². The largest absolute Gasteiger partial charge is 0.588 e. The first-order valence-electron chi connectivity index (χ1n) is 7.70. The monoisotopic (exact) mass is 318 g/mol. The standard InChI is InChI=1S/C15H26O7/c1-4-7-13(16)19-10-12(21-14(17)8-5-2)11-20-15(22-18)9-6-3/h12H,4-11H2,1-3H3. The Morgan fingerprint density at radius 3 is 2.00 bits per heavy atom. The molecule has 1 atom stereocenters. The lowest BCUT2D eigenvalue weighted by molar-refractivity contribution is -1.05. The number of rotatable bonds is 11. The predicted molar refractivity (Wildman–Crippen MR) is 76.5 cm³/mol. The number of carbonyl (C=O) groups excluding carboxylic acids is 3. The molecule has 0 aliphatic carbocycles. The minimum Gasteiger partial charge on any atom is -0.588 e. The highest BCUT2D eigenvalue weighted by Gasteiger charge is 2.23. The summed E-state index contributed by atoms with van der Waals surface area (Å²) in [7, 11) is 0. The van der Waals surface area contributed by atoms with Crippen LogP contribution in [0.1, 0.15) is 59.3 Å². The van der Waals surface area contributed by atoms with Gasteiger partial charge in [0.15, 0.2) is 6.10 Å². The minimum atomic E-state index is -0.762. The Balaban J connectivity index is 4.44. The van der Waals surface area contributed by atoms with E-state index in [9.17, 15) is 14.8 Å². The predicted octanol–water partition coefficient (Wildman–Crippen LogP) is 1.20. The van der Waals surface area contributed by atoms with E-state index < -0.39 is 12.1 Å². The zero-order valence-electron chi connectivity index (χ0n) is 13.6. The van der Waals surface area contributed by atoms with Crippen molar-refractivity contribution < 1.29 is 33.6 Å². The summed E-state index contributed by atoms with van der Waals surface area (Å²) in [6.45, 7) is 5.39. The van der Waals surface area contributed by atoms with Crippen molar-refractivity contribution in [3.05, 3.63) is 0 Å². The van der Waals surface area contributed by atoms with Crippen molar-refractivity contribution >= 4 is 17.9 Å². The molecular weight excluding hydrogens is 292 g/mol. The van der Waals surface area contributed by atoms with Crippen molar-refractivity contribution in [3.8, 4) is 0 Å². The fraction of sp³-hybridized carbons (Fsp3) is 0.800. The highest BCUT2D eigenvalue weighted by atomic mass is 17.1. The number of ether oxygens (including phenoxy) is 3. The summed E-state index contributed by atoms with van der Waals surface area (Å²) in [6, 6.07) is 0. The average Bonchev–Trinajstić information content (AvgIpc) is 2.49. The molecule has 7 heteroatoms. The van der Waals surface area contributed by atoms with Gasteiger partial charge in [0.05, 0.1) is 0 Å². The lowest BCUT2D eigenvalue weighted by atomic mass is 10.3. The molecule has 0 aliphatic rings. The van der Waals surface area contributed by atoms with E-state index in [1.54, 1.807) is 0 Å². The first kappa shape index (κ1) is 20.2. The van der Waals surface area contributed by atoms with E-state index in [1.165, 1.54) is 0 Å². The average molecular weight is 318 g/mol. The third-order valence-electron chi connectivity index (χ3n) is 2.61. The Kier molecular flexibility index (Phi) is 11.9. The molecule has 0 N–H and O–H groups in total. The van der Waals surface area contributed by atoms with Crippen LogP contribution in [0.25, 0.3) is 0 Å². The van der Waals surface area contributed by atoms with Crippen LogP contribution in [0.4, 0.5) is 0 Å². The molecule has 0 aliphatic heterocycles. The molecule has 0 fully saturated rings. The van der Waals surface area contributed by atoms with E-state index in [-0.39, 0.29) is 31.6 Å². The van der Waals surface area contributed by atoms with Gasteiger partial charge in [0, 0.05) is 12.8 Å². The van der Waals surface area contributed by atoms with Gasteiger partial charge in [-0.2, -0.15) is 0 Å². The molecule has 0 heterocycles. The minimum absolute atomic E-state index is 0.0704. The van der Waals surface area contributed by atoms with E-state index in [1.807, 2.05) is 20.8 Å². The zero-order valence-corrected chi connectivity index (χ0v) is 13.6. The van der Waals surface area contributed by atoms with E-state index >= 15 is 0 Å². The van der Waals surface area contributed by atoms with Gasteiger partial charge in [-0.05, 0) is 19.3 Å². The van der Waals surface area contributed by atoms with Crippen LogP contribution in [0.3, 0.4) is 0 Å². The summed E-state index contributed by atoms with van der Waals surface area (Å²) in [6.07, 6.45) is 2.17. The summed E-state index contributed by atoms with van der Waals surface area (Å²) in [5.41, 5.74) is 0. The van der Waals surface area contributed by atoms with Gasteiger partial charge in [-0.1, -0.05) is 20.8 Å².